The lowest BCUT2D eigenvalue weighted by Crippen LogP contribution is -2.37. The van der Waals surface area contributed by atoms with Crippen molar-refractivity contribution in [2.75, 3.05) is 13.1 Å². The molecule has 0 saturated heterocycles. The number of nitrogens with one attached hydrogen (secondary N) is 2. The quantitative estimate of drug-likeness (QED) is 0.267. The Morgan fingerprint density at radius 1 is 1.18 bits per heavy atom. The van der Waals surface area contributed by atoms with Gasteiger partial charge >= 0.3 is 12.2 Å². The summed E-state index contributed by atoms with van der Waals surface area (Å²) in [6.45, 7) is 6.17. The van der Waals surface area contributed by atoms with Gasteiger partial charge in [0.05, 0.1) is 0 Å². The number of unbranched alkanes of at least 4 members (excludes halogenated alkanes) is 1. The molecule has 0 aliphatic carbocycles. The molecule has 9 heteroatoms. The molecule has 9 nitrogen and oxygen atoms in total. The maximum atomic E-state index is 12.0. The fourth-order valence-corrected chi connectivity index (χ4v) is 2.30. The smallest absolute Gasteiger partial charge is 0.407 e. The van der Waals surface area contributed by atoms with Crippen molar-refractivity contribution in [2.24, 2.45) is 5.11 Å². The van der Waals surface area contributed by atoms with Crippen LogP contribution in [0.1, 0.15) is 45.6 Å². The van der Waals surface area contributed by atoms with Crippen molar-refractivity contribution >= 4 is 12.2 Å². The highest BCUT2D eigenvalue weighted by Crippen LogP contribution is 2.07. The summed E-state index contributed by atoms with van der Waals surface area (Å²) in [5, 5.41) is 8.93. The molecule has 1 rings (SSSR count). The van der Waals surface area contributed by atoms with Crippen LogP contribution in [0, 0.1) is 0 Å². The molecule has 2 amide bonds. The van der Waals surface area contributed by atoms with E-state index in [1.54, 1.807) is 20.8 Å². The van der Waals surface area contributed by atoms with Crippen LogP contribution in [-0.2, 0) is 16.1 Å². The number of nitrogens with zero attached hydrogens (tertiary/aromatic N) is 3. The second-order valence-electron chi connectivity index (χ2n) is 7.24. The number of azide groups is 1. The van der Waals surface area contributed by atoms with E-state index < -0.39 is 17.8 Å². The first-order valence-corrected chi connectivity index (χ1v) is 9.25. The van der Waals surface area contributed by atoms with E-state index in [4.69, 9.17) is 15.0 Å². The van der Waals surface area contributed by atoms with Crippen molar-refractivity contribution in [3.63, 3.8) is 0 Å². The van der Waals surface area contributed by atoms with Gasteiger partial charge in [0.25, 0.3) is 0 Å². The molecule has 0 heterocycles. The number of hydrogen-bond donors (Lipinski definition) is 2. The fourth-order valence-electron chi connectivity index (χ4n) is 2.30. The maximum absolute atomic E-state index is 12.0. The number of hydrogen-bond acceptors (Lipinski definition) is 5. The Hall–Kier alpha value is -2.93. The maximum Gasteiger partial charge on any atom is 0.407 e. The van der Waals surface area contributed by atoms with Gasteiger partial charge in [0.2, 0.25) is 0 Å². The molecule has 1 aromatic carbocycles. The van der Waals surface area contributed by atoms with Crippen LogP contribution >= 0.6 is 0 Å². The molecule has 0 fully saturated rings. The molecule has 1 atom stereocenters. The van der Waals surface area contributed by atoms with Gasteiger partial charge in [0.1, 0.15) is 12.2 Å². The van der Waals surface area contributed by atoms with Gasteiger partial charge in [-0.1, -0.05) is 35.4 Å². The van der Waals surface area contributed by atoms with E-state index in [-0.39, 0.29) is 19.2 Å². The Labute approximate surface area is 165 Å². The molecule has 0 bridgehead atoms. The normalized spacial score (nSPS) is 11.7. The molecule has 154 valence electrons. The molecule has 0 radical (unpaired) electrons. The molecule has 0 spiro atoms. The third-order valence-electron chi connectivity index (χ3n) is 3.55. The number of benzene rings is 1. The van der Waals surface area contributed by atoms with Crippen molar-refractivity contribution in [3.8, 4) is 0 Å². The lowest BCUT2D eigenvalue weighted by atomic mass is 10.1. The van der Waals surface area contributed by atoms with Crippen molar-refractivity contribution in [3.05, 3.63) is 46.3 Å². The van der Waals surface area contributed by atoms with Crippen LogP contribution in [0.25, 0.3) is 10.4 Å². The van der Waals surface area contributed by atoms with Crippen molar-refractivity contribution in [1.82, 2.24) is 10.6 Å². The largest absolute Gasteiger partial charge is 0.445 e. The van der Waals surface area contributed by atoms with Gasteiger partial charge in [-0.15, -0.1) is 0 Å². The summed E-state index contributed by atoms with van der Waals surface area (Å²) < 4.78 is 10.3. The molecular weight excluding hydrogens is 362 g/mol. The predicted molar refractivity (Wildman–Crippen MR) is 106 cm³/mol. The molecule has 0 unspecified atom stereocenters. The average Bonchev–Trinajstić information content (AvgIpc) is 2.63. The third-order valence-corrected chi connectivity index (χ3v) is 3.55. The Morgan fingerprint density at radius 3 is 2.54 bits per heavy atom. The lowest BCUT2D eigenvalue weighted by Gasteiger charge is -2.20. The van der Waals surface area contributed by atoms with E-state index in [2.05, 4.69) is 20.7 Å². The van der Waals surface area contributed by atoms with Crippen LogP contribution in [0.15, 0.2) is 35.4 Å². The molecule has 0 aliphatic rings. The van der Waals surface area contributed by atoms with Gasteiger partial charge in [0, 0.05) is 24.0 Å². The van der Waals surface area contributed by atoms with E-state index in [0.29, 0.717) is 19.4 Å². The molecule has 0 aliphatic heterocycles. The first-order valence-electron chi connectivity index (χ1n) is 9.25. The molecule has 2 N–H and O–H groups in total. The second kappa shape index (κ2) is 12.5. The highest BCUT2D eigenvalue weighted by atomic mass is 16.6. The van der Waals surface area contributed by atoms with Gasteiger partial charge < -0.3 is 20.1 Å². The molecule has 28 heavy (non-hydrogen) atoms. The fraction of sp³-hybridized carbons (Fsp3) is 0.579. The number of carbonyl (C=O) groups excluding carboxylic acids is 2. The number of rotatable bonds is 10. The van der Waals surface area contributed by atoms with Gasteiger partial charge in [-0.25, -0.2) is 9.59 Å². The summed E-state index contributed by atoms with van der Waals surface area (Å²) in [5.74, 6) is 0. The van der Waals surface area contributed by atoms with Crippen LogP contribution in [-0.4, -0.2) is 36.9 Å². The lowest BCUT2D eigenvalue weighted by molar-refractivity contribution is 0.0527. The van der Waals surface area contributed by atoms with Crippen molar-refractivity contribution in [1.29, 1.82) is 0 Å². The zero-order valence-electron chi connectivity index (χ0n) is 16.7. The van der Waals surface area contributed by atoms with E-state index in [1.165, 1.54) is 0 Å². The van der Waals surface area contributed by atoms with E-state index in [1.807, 2.05) is 30.3 Å². The van der Waals surface area contributed by atoms with E-state index in [9.17, 15) is 9.59 Å². The molecule has 0 aromatic heterocycles. The number of amides is 2. The first kappa shape index (κ1) is 23.1. The summed E-state index contributed by atoms with van der Waals surface area (Å²) in [6, 6.07) is 9.02. The monoisotopic (exact) mass is 391 g/mol. The molecular formula is C19H29N5O4. The summed E-state index contributed by atoms with van der Waals surface area (Å²) in [5.41, 5.74) is 8.87. The number of carbonyl (C=O) groups is 2. The van der Waals surface area contributed by atoms with Gasteiger partial charge in [-0.05, 0) is 51.1 Å². The second-order valence-corrected chi connectivity index (χ2v) is 7.24. The van der Waals surface area contributed by atoms with Gasteiger partial charge in [-0.2, -0.15) is 0 Å². The van der Waals surface area contributed by atoms with Crippen LogP contribution in [0.2, 0.25) is 0 Å². The zero-order chi connectivity index (χ0) is 20.8. The standard InChI is InChI=1S/C19H29N5O4/c1-19(2,3)28-17(25)21-12-8-7-11-16(13-22-24-20)23-18(26)27-14-15-9-5-4-6-10-15/h4-6,9-10,16H,7-8,11-14H2,1-3H3,(H,21,25)(H,23,26)/t16-/m0/s1. The topological polar surface area (TPSA) is 125 Å². The molecule has 1 aromatic rings. The van der Waals surface area contributed by atoms with Crippen LogP contribution in [0.5, 0.6) is 0 Å². The summed E-state index contributed by atoms with van der Waals surface area (Å²) >= 11 is 0. The zero-order valence-corrected chi connectivity index (χ0v) is 16.7. The Balaban J connectivity index is 2.30. The minimum atomic E-state index is -0.561. The number of alkyl carbamates (subject to hydrolysis) is 2. The minimum Gasteiger partial charge on any atom is -0.445 e. The summed E-state index contributed by atoms with van der Waals surface area (Å²) in [6.07, 6.45) is 0.998. The Morgan fingerprint density at radius 2 is 1.89 bits per heavy atom. The summed E-state index contributed by atoms with van der Waals surface area (Å²) in [4.78, 5) is 26.3. The SMILES string of the molecule is CC(C)(C)OC(=O)NCCCC[C@@H](CN=[N+]=[N-])NC(=O)OCc1ccccc1. The average molecular weight is 391 g/mol. The predicted octanol–water partition coefficient (Wildman–Crippen LogP) is 4.29. The van der Waals surface area contributed by atoms with Crippen LogP contribution in [0.3, 0.4) is 0 Å². The highest BCUT2D eigenvalue weighted by Gasteiger charge is 2.16. The van der Waals surface area contributed by atoms with Crippen molar-refractivity contribution < 1.29 is 19.1 Å². The van der Waals surface area contributed by atoms with Crippen molar-refractivity contribution in [2.45, 2.75) is 58.3 Å². The van der Waals surface area contributed by atoms with Gasteiger partial charge in [0.15, 0.2) is 0 Å². The van der Waals surface area contributed by atoms with E-state index in [0.717, 1.165) is 12.0 Å². The number of ether oxygens (including phenoxy) is 2. The highest BCUT2D eigenvalue weighted by molar-refractivity contribution is 5.68. The first-order chi connectivity index (χ1) is 13.3. The Bertz CT molecular complexity index is 654. The van der Waals surface area contributed by atoms with Gasteiger partial charge in [-0.3, -0.25) is 0 Å². The molecule has 0 saturated carbocycles. The Kier molecular flexibility index (Phi) is 10.3. The minimum absolute atomic E-state index is 0.135. The van der Waals surface area contributed by atoms with Crippen LogP contribution < -0.4 is 10.6 Å². The van der Waals surface area contributed by atoms with E-state index >= 15 is 0 Å². The summed E-state index contributed by atoms with van der Waals surface area (Å²) in [7, 11) is 0. The third kappa shape index (κ3) is 11.6. The van der Waals surface area contributed by atoms with Crippen LogP contribution in [0.4, 0.5) is 9.59 Å².